The van der Waals surface area contributed by atoms with Gasteiger partial charge in [-0.2, -0.15) is 0 Å². The molecule has 0 N–H and O–H groups in total. The van der Waals surface area contributed by atoms with Crippen molar-refractivity contribution in [3.8, 4) is 5.75 Å². The number of esters is 2. The molecular formula is C17H22BrFO5. The van der Waals surface area contributed by atoms with Crippen LogP contribution in [-0.2, 0) is 19.1 Å². The minimum atomic E-state index is -0.685. The topological polar surface area (TPSA) is 61.8 Å². The largest absolute Gasteiger partial charge is 0.464 e. The second-order valence-corrected chi connectivity index (χ2v) is 6.03. The molecule has 0 amide bonds. The van der Waals surface area contributed by atoms with Gasteiger partial charge in [-0.15, -0.1) is 0 Å². The minimum absolute atomic E-state index is 0.180. The predicted molar refractivity (Wildman–Crippen MR) is 90.3 cm³/mol. The first-order valence-corrected chi connectivity index (χ1v) is 8.71. The first kappa shape index (κ1) is 20.6. The van der Waals surface area contributed by atoms with Gasteiger partial charge in [0.15, 0.2) is 0 Å². The summed E-state index contributed by atoms with van der Waals surface area (Å²) in [5.74, 6) is -1.47. The van der Waals surface area contributed by atoms with E-state index in [9.17, 15) is 14.0 Å². The van der Waals surface area contributed by atoms with Crippen molar-refractivity contribution in [1.29, 1.82) is 0 Å². The average molecular weight is 405 g/mol. The van der Waals surface area contributed by atoms with E-state index in [1.807, 2.05) is 0 Å². The van der Waals surface area contributed by atoms with E-state index in [1.54, 1.807) is 0 Å². The fourth-order valence-corrected chi connectivity index (χ4v) is 2.29. The van der Waals surface area contributed by atoms with Gasteiger partial charge in [0.1, 0.15) is 24.8 Å². The fourth-order valence-electron chi connectivity index (χ4n) is 1.86. The number of ether oxygens (including phenoxy) is 3. The zero-order valence-corrected chi connectivity index (χ0v) is 15.3. The molecule has 1 aromatic rings. The van der Waals surface area contributed by atoms with E-state index in [1.165, 1.54) is 24.6 Å². The van der Waals surface area contributed by atoms with Crippen molar-refractivity contribution in [1.82, 2.24) is 0 Å². The van der Waals surface area contributed by atoms with Crippen molar-refractivity contribution in [3.63, 3.8) is 0 Å². The van der Waals surface area contributed by atoms with E-state index in [-0.39, 0.29) is 12.4 Å². The zero-order chi connectivity index (χ0) is 17.8. The van der Waals surface area contributed by atoms with Gasteiger partial charge in [0.05, 0.1) is 11.1 Å². The van der Waals surface area contributed by atoms with E-state index in [4.69, 9.17) is 14.2 Å². The molecule has 0 saturated carbocycles. The summed E-state index contributed by atoms with van der Waals surface area (Å²) >= 11 is 3.09. The molecule has 0 heterocycles. The lowest BCUT2D eigenvalue weighted by Crippen LogP contribution is -2.20. The monoisotopic (exact) mass is 404 g/mol. The summed E-state index contributed by atoms with van der Waals surface area (Å²) in [5.41, 5.74) is 0. The minimum Gasteiger partial charge on any atom is -0.464 e. The second-order valence-electron chi connectivity index (χ2n) is 5.18. The van der Waals surface area contributed by atoms with Crippen LogP contribution in [0.2, 0.25) is 0 Å². The molecule has 5 nitrogen and oxygen atoms in total. The molecule has 0 aliphatic carbocycles. The fraction of sp³-hybridized carbons (Fsp3) is 0.529. The highest BCUT2D eigenvalue weighted by Gasteiger charge is 2.11. The quantitative estimate of drug-likeness (QED) is 0.316. The lowest BCUT2D eigenvalue weighted by molar-refractivity contribution is -0.152. The molecule has 0 radical (unpaired) electrons. The highest BCUT2D eigenvalue weighted by atomic mass is 79.9. The summed E-state index contributed by atoms with van der Waals surface area (Å²) in [7, 11) is 0. The number of unbranched alkanes of at least 4 members (excludes halogenated alkanes) is 4. The maximum atomic E-state index is 12.9. The Balaban J connectivity index is 2.13. The van der Waals surface area contributed by atoms with Crippen LogP contribution < -0.4 is 4.74 Å². The lowest BCUT2D eigenvalue weighted by atomic mass is 10.2. The molecule has 1 aromatic carbocycles. The first-order valence-electron chi connectivity index (χ1n) is 7.92. The van der Waals surface area contributed by atoms with Crippen molar-refractivity contribution < 1.29 is 28.2 Å². The summed E-state index contributed by atoms with van der Waals surface area (Å²) in [6.07, 6.45) is 5.34. The third-order valence-corrected chi connectivity index (χ3v) is 3.69. The Morgan fingerprint density at radius 2 is 1.79 bits per heavy atom. The van der Waals surface area contributed by atoms with Gasteiger partial charge in [-0.25, -0.2) is 14.0 Å². The summed E-state index contributed by atoms with van der Waals surface area (Å²) in [6.45, 7) is 1.79. The first-order chi connectivity index (χ1) is 11.5. The number of rotatable bonds is 11. The molecule has 0 saturated heterocycles. The summed E-state index contributed by atoms with van der Waals surface area (Å²) in [5, 5.41) is 0. The van der Waals surface area contributed by atoms with E-state index in [0.29, 0.717) is 11.1 Å². The molecule has 0 aliphatic rings. The molecule has 0 bridgehead atoms. The van der Waals surface area contributed by atoms with Crippen LogP contribution in [0.4, 0.5) is 4.39 Å². The maximum absolute atomic E-state index is 12.9. The third-order valence-electron chi connectivity index (χ3n) is 3.07. The Morgan fingerprint density at radius 1 is 1.08 bits per heavy atom. The highest BCUT2D eigenvalue weighted by molar-refractivity contribution is 9.10. The van der Waals surface area contributed by atoms with Crippen LogP contribution in [0.1, 0.15) is 39.0 Å². The van der Waals surface area contributed by atoms with Crippen molar-refractivity contribution in [3.05, 3.63) is 28.5 Å². The Labute approximate surface area is 149 Å². The van der Waals surface area contributed by atoms with Crippen LogP contribution in [0.25, 0.3) is 0 Å². The summed E-state index contributed by atoms with van der Waals surface area (Å²) in [6, 6.07) is 3.68. The van der Waals surface area contributed by atoms with Crippen LogP contribution in [0.15, 0.2) is 22.7 Å². The standard InChI is InChI=1S/C17H22BrFO5/c1-2-3-4-5-6-9-23-16(20)11-22-12-17(21)24-15-8-7-13(19)10-14(15)18/h7-8,10H,2-6,9,11-12H2,1H3. The number of benzene rings is 1. The van der Waals surface area contributed by atoms with E-state index < -0.39 is 24.4 Å². The summed E-state index contributed by atoms with van der Waals surface area (Å²) < 4.78 is 28.2. The van der Waals surface area contributed by atoms with Crippen molar-refractivity contribution in [2.75, 3.05) is 19.8 Å². The van der Waals surface area contributed by atoms with Crippen LogP contribution in [0, 0.1) is 5.82 Å². The van der Waals surface area contributed by atoms with E-state index in [0.717, 1.165) is 25.7 Å². The SMILES string of the molecule is CCCCCCCOC(=O)COCC(=O)Oc1ccc(F)cc1Br. The number of hydrogen-bond acceptors (Lipinski definition) is 5. The van der Waals surface area contributed by atoms with Crippen LogP contribution in [-0.4, -0.2) is 31.8 Å². The van der Waals surface area contributed by atoms with Crippen LogP contribution in [0.3, 0.4) is 0 Å². The predicted octanol–water partition coefficient (Wildman–Crippen LogP) is 4.02. The Bertz CT molecular complexity index is 536. The van der Waals surface area contributed by atoms with Gasteiger partial charge in [0.2, 0.25) is 0 Å². The Kier molecular flexibility index (Phi) is 10.3. The van der Waals surface area contributed by atoms with Gasteiger partial charge in [-0.1, -0.05) is 32.6 Å². The van der Waals surface area contributed by atoms with Crippen molar-refractivity contribution in [2.45, 2.75) is 39.0 Å². The Hall–Kier alpha value is -1.47. The molecule has 1 rings (SSSR count). The molecule has 0 fully saturated rings. The number of carbonyl (C=O) groups is 2. The maximum Gasteiger partial charge on any atom is 0.337 e. The molecular weight excluding hydrogens is 383 g/mol. The molecule has 0 spiro atoms. The normalized spacial score (nSPS) is 10.5. The Morgan fingerprint density at radius 3 is 2.50 bits per heavy atom. The lowest BCUT2D eigenvalue weighted by Gasteiger charge is -2.07. The van der Waals surface area contributed by atoms with Gasteiger partial charge in [0.25, 0.3) is 0 Å². The molecule has 24 heavy (non-hydrogen) atoms. The summed E-state index contributed by atoms with van der Waals surface area (Å²) in [4.78, 5) is 23.0. The third kappa shape index (κ3) is 8.98. The van der Waals surface area contributed by atoms with Crippen molar-refractivity contribution >= 4 is 27.9 Å². The molecule has 0 atom stereocenters. The molecule has 7 heteroatoms. The van der Waals surface area contributed by atoms with Crippen LogP contribution in [0.5, 0.6) is 5.75 Å². The zero-order valence-electron chi connectivity index (χ0n) is 13.7. The molecule has 0 aromatic heterocycles. The smallest absolute Gasteiger partial charge is 0.337 e. The van der Waals surface area contributed by atoms with Gasteiger partial charge in [0, 0.05) is 0 Å². The number of hydrogen-bond donors (Lipinski definition) is 0. The van der Waals surface area contributed by atoms with Crippen LogP contribution >= 0.6 is 15.9 Å². The van der Waals surface area contributed by atoms with Gasteiger partial charge >= 0.3 is 11.9 Å². The van der Waals surface area contributed by atoms with Gasteiger partial charge < -0.3 is 14.2 Å². The second kappa shape index (κ2) is 12.0. The number of carbonyl (C=O) groups excluding carboxylic acids is 2. The van der Waals surface area contributed by atoms with Crippen molar-refractivity contribution in [2.24, 2.45) is 0 Å². The molecule has 0 aliphatic heterocycles. The average Bonchev–Trinajstić information content (AvgIpc) is 2.53. The number of halogens is 2. The highest BCUT2D eigenvalue weighted by Crippen LogP contribution is 2.25. The molecule has 0 unspecified atom stereocenters. The molecule has 134 valence electrons. The van der Waals surface area contributed by atoms with E-state index in [2.05, 4.69) is 22.9 Å². The van der Waals surface area contributed by atoms with Gasteiger partial charge in [-0.05, 0) is 40.5 Å². The van der Waals surface area contributed by atoms with E-state index >= 15 is 0 Å². The van der Waals surface area contributed by atoms with Gasteiger partial charge in [-0.3, -0.25) is 0 Å².